The average molecular weight is 375 g/mol. The van der Waals surface area contributed by atoms with Crippen LogP contribution in [0.1, 0.15) is 11.1 Å². The van der Waals surface area contributed by atoms with Crippen molar-refractivity contribution in [1.29, 1.82) is 0 Å². The highest BCUT2D eigenvalue weighted by atomic mass is 19.2. The molecule has 27 heavy (non-hydrogen) atoms. The number of ether oxygens (including phenoxy) is 2. The van der Waals surface area contributed by atoms with Gasteiger partial charge in [0.25, 0.3) is 0 Å². The molecule has 0 spiro atoms. The van der Waals surface area contributed by atoms with Gasteiger partial charge in [0.15, 0.2) is 29.1 Å². The van der Waals surface area contributed by atoms with E-state index in [-0.39, 0.29) is 0 Å². The molecule has 5 nitrogen and oxygen atoms in total. The zero-order valence-electron chi connectivity index (χ0n) is 15.5. The van der Waals surface area contributed by atoms with Gasteiger partial charge < -0.3 is 19.7 Å². The van der Waals surface area contributed by atoms with Gasteiger partial charge in [0.1, 0.15) is 13.2 Å². The Morgan fingerprint density at radius 3 is 2.70 bits per heavy atom. The minimum Gasteiger partial charge on any atom is -0.486 e. The number of hydrogen-bond donors (Lipinski definition) is 1. The molecule has 144 valence electrons. The number of nitrogens with one attached hydrogen (secondary N) is 1. The topological polar surface area (TPSA) is 46.1 Å². The second-order valence-electron chi connectivity index (χ2n) is 6.27. The van der Waals surface area contributed by atoms with Crippen molar-refractivity contribution >= 4 is 5.96 Å². The van der Waals surface area contributed by atoms with Gasteiger partial charge in [0.2, 0.25) is 0 Å². The lowest BCUT2D eigenvalue weighted by molar-refractivity contribution is 0.171. The SMILES string of the molecule is CN=C(NCCc1cccc(F)c1F)N(C)Cc1ccc2c(c1)OCCO2. The first kappa shape index (κ1) is 18.9. The Labute approximate surface area is 157 Å². The molecule has 2 aromatic carbocycles. The second kappa shape index (κ2) is 8.70. The van der Waals surface area contributed by atoms with Gasteiger partial charge in [-0.3, -0.25) is 4.99 Å². The molecule has 0 aromatic heterocycles. The number of nitrogens with zero attached hydrogens (tertiary/aromatic N) is 2. The Balaban J connectivity index is 1.56. The third kappa shape index (κ3) is 4.67. The zero-order valence-corrected chi connectivity index (χ0v) is 15.5. The van der Waals surface area contributed by atoms with Crippen LogP contribution in [0, 0.1) is 11.6 Å². The van der Waals surface area contributed by atoms with E-state index in [0.717, 1.165) is 23.1 Å². The van der Waals surface area contributed by atoms with Gasteiger partial charge in [-0.05, 0) is 35.7 Å². The monoisotopic (exact) mass is 375 g/mol. The minimum atomic E-state index is -0.826. The smallest absolute Gasteiger partial charge is 0.193 e. The molecule has 0 amide bonds. The summed E-state index contributed by atoms with van der Waals surface area (Å²) < 4.78 is 38.1. The first-order valence-electron chi connectivity index (χ1n) is 8.81. The zero-order chi connectivity index (χ0) is 19.2. The number of aliphatic imine (C=N–C) groups is 1. The van der Waals surface area contributed by atoms with E-state index >= 15 is 0 Å². The summed E-state index contributed by atoms with van der Waals surface area (Å²) in [4.78, 5) is 6.20. The highest BCUT2D eigenvalue weighted by Crippen LogP contribution is 2.31. The predicted molar refractivity (Wildman–Crippen MR) is 100 cm³/mol. The van der Waals surface area contributed by atoms with Gasteiger partial charge in [-0.1, -0.05) is 18.2 Å². The van der Waals surface area contributed by atoms with E-state index in [0.29, 0.717) is 44.2 Å². The molecule has 0 fully saturated rings. The van der Waals surface area contributed by atoms with Gasteiger partial charge in [-0.25, -0.2) is 8.78 Å². The highest BCUT2D eigenvalue weighted by molar-refractivity contribution is 5.79. The largest absolute Gasteiger partial charge is 0.486 e. The van der Waals surface area contributed by atoms with Crippen LogP contribution in [-0.2, 0) is 13.0 Å². The van der Waals surface area contributed by atoms with Gasteiger partial charge in [-0.15, -0.1) is 0 Å². The maximum Gasteiger partial charge on any atom is 0.193 e. The van der Waals surface area contributed by atoms with Crippen molar-refractivity contribution in [1.82, 2.24) is 10.2 Å². The van der Waals surface area contributed by atoms with Crippen LogP contribution in [0.3, 0.4) is 0 Å². The summed E-state index contributed by atoms with van der Waals surface area (Å²) in [6, 6.07) is 10.1. The summed E-state index contributed by atoms with van der Waals surface area (Å²) in [7, 11) is 3.60. The number of halogens is 2. The van der Waals surface area contributed by atoms with Crippen molar-refractivity contribution in [3.8, 4) is 11.5 Å². The van der Waals surface area contributed by atoms with E-state index in [2.05, 4.69) is 10.3 Å². The molecule has 1 aliphatic rings. The average Bonchev–Trinajstić information content (AvgIpc) is 2.68. The number of hydrogen-bond acceptors (Lipinski definition) is 3. The molecule has 1 heterocycles. The molecule has 0 unspecified atom stereocenters. The summed E-state index contributed by atoms with van der Waals surface area (Å²) in [6.45, 7) is 2.17. The van der Waals surface area contributed by atoms with Crippen molar-refractivity contribution in [2.75, 3.05) is 33.9 Å². The van der Waals surface area contributed by atoms with Crippen LogP contribution in [0.4, 0.5) is 8.78 Å². The van der Waals surface area contributed by atoms with Crippen molar-refractivity contribution < 1.29 is 18.3 Å². The van der Waals surface area contributed by atoms with Crippen molar-refractivity contribution in [2.24, 2.45) is 4.99 Å². The van der Waals surface area contributed by atoms with Crippen molar-refractivity contribution in [3.63, 3.8) is 0 Å². The number of fused-ring (bicyclic) bond motifs is 1. The van der Waals surface area contributed by atoms with E-state index in [1.54, 1.807) is 13.1 Å². The van der Waals surface area contributed by atoms with Crippen LogP contribution in [0.25, 0.3) is 0 Å². The molecule has 0 bridgehead atoms. The standard InChI is InChI=1S/C20H23F2N3O2/c1-23-20(24-9-8-15-4-3-5-16(21)19(15)22)25(2)13-14-6-7-17-18(12-14)27-11-10-26-17/h3-7,12H,8-11,13H2,1-2H3,(H,23,24). The lowest BCUT2D eigenvalue weighted by Crippen LogP contribution is -2.39. The molecule has 1 aliphatic heterocycles. The molecule has 0 aliphatic carbocycles. The fourth-order valence-corrected chi connectivity index (χ4v) is 2.97. The molecule has 0 saturated carbocycles. The van der Waals surface area contributed by atoms with Crippen molar-refractivity contribution in [3.05, 3.63) is 59.2 Å². The molecular weight excluding hydrogens is 352 g/mol. The summed E-state index contributed by atoms with van der Waals surface area (Å²) in [6.07, 6.45) is 0.362. The summed E-state index contributed by atoms with van der Waals surface area (Å²) >= 11 is 0. The molecule has 0 atom stereocenters. The first-order chi connectivity index (χ1) is 13.1. The van der Waals surface area contributed by atoms with E-state index < -0.39 is 11.6 Å². The summed E-state index contributed by atoms with van der Waals surface area (Å²) in [5.74, 6) is 0.553. The normalized spacial score (nSPS) is 13.4. The molecule has 0 saturated heterocycles. The van der Waals surface area contributed by atoms with E-state index in [1.807, 2.05) is 30.1 Å². The maximum atomic E-state index is 13.7. The molecule has 7 heteroatoms. The van der Waals surface area contributed by atoms with E-state index in [1.165, 1.54) is 6.07 Å². The molecule has 1 N–H and O–H groups in total. The Morgan fingerprint density at radius 2 is 1.93 bits per heavy atom. The molecule has 3 rings (SSSR count). The van der Waals surface area contributed by atoms with Crippen LogP contribution in [-0.4, -0.2) is 44.7 Å². The van der Waals surface area contributed by atoms with E-state index in [4.69, 9.17) is 9.47 Å². The van der Waals surface area contributed by atoms with Crippen LogP contribution in [0.15, 0.2) is 41.4 Å². The molecular formula is C20H23F2N3O2. The van der Waals surface area contributed by atoms with Gasteiger partial charge in [-0.2, -0.15) is 0 Å². The Bertz CT molecular complexity index is 827. The number of guanidine groups is 1. The first-order valence-corrected chi connectivity index (χ1v) is 8.81. The third-order valence-electron chi connectivity index (χ3n) is 4.31. The molecule has 2 aromatic rings. The van der Waals surface area contributed by atoms with Crippen molar-refractivity contribution in [2.45, 2.75) is 13.0 Å². The summed E-state index contributed by atoms with van der Waals surface area (Å²) in [5, 5.41) is 3.18. The summed E-state index contributed by atoms with van der Waals surface area (Å²) in [5.41, 5.74) is 1.40. The van der Waals surface area contributed by atoms with Crippen LogP contribution >= 0.6 is 0 Å². The minimum absolute atomic E-state index is 0.340. The second-order valence-corrected chi connectivity index (χ2v) is 6.27. The lowest BCUT2D eigenvalue weighted by atomic mass is 10.1. The van der Waals surface area contributed by atoms with Crippen LogP contribution < -0.4 is 14.8 Å². The van der Waals surface area contributed by atoms with Crippen LogP contribution in [0.2, 0.25) is 0 Å². The highest BCUT2D eigenvalue weighted by Gasteiger charge is 2.14. The number of benzene rings is 2. The Morgan fingerprint density at radius 1 is 1.15 bits per heavy atom. The van der Waals surface area contributed by atoms with Gasteiger partial charge in [0.05, 0.1) is 0 Å². The quantitative estimate of drug-likeness (QED) is 0.645. The third-order valence-corrected chi connectivity index (χ3v) is 4.31. The van der Waals surface area contributed by atoms with Gasteiger partial charge in [0, 0.05) is 27.2 Å². The Kier molecular flexibility index (Phi) is 6.11. The number of rotatable bonds is 5. The van der Waals surface area contributed by atoms with Crippen LogP contribution in [0.5, 0.6) is 11.5 Å². The molecule has 0 radical (unpaired) electrons. The fraction of sp³-hybridized carbons (Fsp3) is 0.350. The predicted octanol–water partition coefficient (Wildman–Crippen LogP) is 2.99. The van der Waals surface area contributed by atoms with E-state index in [9.17, 15) is 8.78 Å². The maximum absolute atomic E-state index is 13.7. The lowest BCUT2D eigenvalue weighted by Gasteiger charge is -2.24. The Hall–Kier alpha value is -2.83. The fourth-order valence-electron chi connectivity index (χ4n) is 2.97. The van der Waals surface area contributed by atoms with Gasteiger partial charge >= 0.3 is 0 Å².